The Labute approximate surface area is 122 Å². The molecular formula is C15H29N5. The molecule has 0 aliphatic carbocycles. The summed E-state index contributed by atoms with van der Waals surface area (Å²) in [6.07, 6.45) is 5.80. The van der Waals surface area contributed by atoms with Crippen LogP contribution in [0.15, 0.2) is 6.20 Å². The fraction of sp³-hybridized carbons (Fsp3) is 0.800. The number of aromatic nitrogens is 2. The van der Waals surface area contributed by atoms with Crippen LogP contribution in [0.2, 0.25) is 0 Å². The molecule has 0 bridgehead atoms. The summed E-state index contributed by atoms with van der Waals surface area (Å²) < 4.78 is 1.91. The van der Waals surface area contributed by atoms with Gasteiger partial charge in [0, 0.05) is 38.4 Å². The van der Waals surface area contributed by atoms with Crippen molar-refractivity contribution in [2.75, 3.05) is 39.8 Å². The predicted molar refractivity (Wildman–Crippen MR) is 82.7 cm³/mol. The van der Waals surface area contributed by atoms with Crippen LogP contribution in [0.1, 0.15) is 37.1 Å². The van der Waals surface area contributed by atoms with Crippen LogP contribution in [0, 0.1) is 0 Å². The molecule has 1 aromatic rings. The van der Waals surface area contributed by atoms with Crippen LogP contribution in [0.3, 0.4) is 0 Å². The van der Waals surface area contributed by atoms with Crippen molar-refractivity contribution in [1.29, 1.82) is 0 Å². The van der Waals surface area contributed by atoms with Crippen molar-refractivity contribution in [2.45, 2.75) is 32.2 Å². The quantitative estimate of drug-likeness (QED) is 0.809. The van der Waals surface area contributed by atoms with Gasteiger partial charge in [0.15, 0.2) is 0 Å². The van der Waals surface area contributed by atoms with Crippen molar-refractivity contribution in [3.05, 3.63) is 17.5 Å². The number of rotatable bonds is 7. The third kappa shape index (κ3) is 3.59. The van der Waals surface area contributed by atoms with Gasteiger partial charge in [-0.05, 0) is 39.4 Å². The van der Waals surface area contributed by atoms with E-state index in [-0.39, 0.29) is 6.04 Å². The normalized spacial score (nSPS) is 18.1. The summed E-state index contributed by atoms with van der Waals surface area (Å²) in [4.78, 5) is 4.93. The number of hydrogen-bond acceptors (Lipinski definition) is 4. The minimum atomic E-state index is 0.279. The van der Waals surface area contributed by atoms with Crippen molar-refractivity contribution < 1.29 is 0 Å². The molecule has 1 aromatic heterocycles. The summed E-state index contributed by atoms with van der Waals surface area (Å²) in [6, 6.07) is 0.279. The highest BCUT2D eigenvalue weighted by Gasteiger charge is 2.21. The second kappa shape index (κ2) is 7.20. The minimum absolute atomic E-state index is 0.279. The van der Waals surface area contributed by atoms with Crippen LogP contribution < -0.4 is 5.73 Å². The fourth-order valence-electron chi connectivity index (χ4n) is 3.11. The molecule has 0 saturated carbocycles. The molecule has 20 heavy (non-hydrogen) atoms. The monoisotopic (exact) mass is 279 g/mol. The maximum atomic E-state index is 6.03. The highest BCUT2D eigenvalue weighted by molar-refractivity contribution is 5.22. The number of likely N-dealkylation sites (tertiary alicyclic amines) is 1. The fourth-order valence-corrected chi connectivity index (χ4v) is 3.11. The number of nitrogens with zero attached hydrogens (tertiary/aromatic N) is 4. The molecule has 1 fully saturated rings. The molecule has 2 rings (SSSR count). The van der Waals surface area contributed by atoms with E-state index < -0.39 is 0 Å². The highest BCUT2D eigenvalue weighted by Crippen LogP contribution is 2.22. The molecule has 2 heterocycles. The van der Waals surface area contributed by atoms with Crippen LogP contribution in [0.5, 0.6) is 0 Å². The molecule has 0 amide bonds. The third-order valence-corrected chi connectivity index (χ3v) is 4.35. The summed E-state index contributed by atoms with van der Waals surface area (Å²) in [5.74, 6) is 0. The molecular weight excluding hydrogens is 250 g/mol. The van der Waals surface area contributed by atoms with Crippen LogP contribution in [-0.4, -0.2) is 59.4 Å². The standard InChI is InChI=1S/C15H29N5/c1-4-14-13(12-19(3)17-14)15(11-16)18(2)9-10-20-7-5-6-8-20/h12,15H,4-11,16H2,1-3H3. The van der Waals surface area contributed by atoms with Gasteiger partial charge >= 0.3 is 0 Å². The molecule has 0 aromatic carbocycles. The zero-order valence-electron chi connectivity index (χ0n) is 13.2. The maximum Gasteiger partial charge on any atom is 0.0670 e. The van der Waals surface area contributed by atoms with Gasteiger partial charge in [0.25, 0.3) is 0 Å². The molecule has 5 heteroatoms. The van der Waals surface area contributed by atoms with Crippen molar-refractivity contribution >= 4 is 0 Å². The first kappa shape index (κ1) is 15.5. The van der Waals surface area contributed by atoms with E-state index in [4.69, 9.17) is 5.73 Å². The Morgan fingerprint density at radius 2 is 2.10 bits per heavy atom. The van der Waals surface area contributed by atoms with Gasteiger partial charge in [-0.15, -0.1) is 0 Å². The molecule has 1 aliphatic heterocycles. The van der Waals surface area contributed by atoms with Gasteiger partial charge in [0.1, 0.15) is 0 Å². The molecule has 2 N–H and O–H groups in total. The number of likely N-dealkylation sites (N-methyl/N-ethyl adjacent to an activating group) is 1. The lowest BCUT2D eigenvalue weighted by Crippen LogP contribution is -2.37. The summed E-state index contributed by atoms with van der Waals surface area (Å²) in [5, 5.41) is 4.54. The molecule has 114 valence electrons. The Morgan fingerprint density at radius 3 is 2.70 bits per heavy atom. The van der Waals surface area contributed by atoms with E-state index in [1.54, 1.807) is 0 Å². The first-order valence-electron chi connectivity index (χ1n) is 7.80. The predicted octanol–water partition coefficient (Wildman–Crippen LogP) is 1.01. The minimum Gasteiger partial charge on any atom is -0.329 e. The first-order valence-corrected chi connectivity index (χ1v) is 7.80. The molecule has 1 atom stereocenters. The topological polar surface area (TPSA) is 50.3 Å². The van der Waals surface area contributed by atoms with Gasteiger partial charge in [0.05, 0.1) is 11.7 Å². The summed E-state index contributed by atoms with van der Waals surface area (Å²) >= 11 is 0. The van der Waals surface area contributed by atoms with E-state index in [0.717, 1.165) is 19.5 Å². The summed E-state index contributed by atoms with van der Waals surface area (Å²) in [6.45, 7) is 7.54. The molecule has 0 spiro atoms. The van der Waals surface area contributed by atoms with E-state index in [1.807, 2.05) is 11.7 Å². The average molecular weight is 279 g/mol. The summed E-state index contributed by atoms with van der Waals surface area (Å²) in [7, 11) is 4.17. The third-order valence-electron chi connectivity index (χ3n) is 4.35. The van der Waals surface area contributed by atoms with Crippen LogP contribution in [-0.2, 0) is 13.5 Å². The second-order valence-electron chi connectivity index (χ2n) is 5.84. The molecule has 1 saturated heterocycles. The Morgan fingerprint density at radius 1 is 1.40 bits per heavy atom. The van der Waals surface area contributed by atoms with Gasteiger partial charge < -0.3 is 10.6 Å². The first-order chi connectivity index (χ1) is 9.65. The average Bonchev–Trinajstić information content (AvgIpc) is 3.06. The van der Waals surface area contributed by atoms with Gasteiger partial charge in [-0.1, -0.05) is 6.92 Å². The van der Waals surface area contributed by atoms with Gasteiger partial charge in [-0.2, -0.15) is 5.10 Å². The summed E-state index contributed by atoms with van der Waals surface area (Å²) in [5.41, 5.74) is 8.50. The lowest BCUT2D eigenvalue weighted by atomic mass is 10.1. The van der Waals surface area contributed by atoms with Crippen LogP contribution >= 0.6 is 0 Å². The number of aryl methyl sites for hydroxylation is 2. The molecule has 1 aliphatic rings. The van der Waals surface area contributed by atoms with Gasteiger partial charge in [0.2, 0.25) is 0 Å². The maximum absolute atomic E-state index is 6.03. The Balaban J connectivity index is 1.98. The second-order valence-corrected chi connectivity index (χ2v) is 5.84. The van der Waals surface area contributed by atoms with E-state index >= 15 is 0 Å². The van der Waals surface area contributed by atoms with E-state index in [1.165, 1.54) is 37.2 Å². The van der Waals surface area contributed by atoms with E-state index in [2.05, 4.69) is 35.1 Å². The van der Waals surface area contributed by atoms with E-state index in [0.29, 0.717) is 6.54 Å². The largest absolute Gasteiger partial charge is 0.329 e. The number of nitrogens with two attached hydrogens (primary N) is 1. The van der Waals surface area contributed by atoms with Crippen molar-refractivity contribution in [3.63, 3.8) is 0 Å². The Hall–Kier alpha value is -0.910. The van der Waals surface area contributed by atoms with Gasteiger partial charge in [-0.3, -0.25) is 9.58 Å². The highest BCUT2D eigenvalue weighted by atomic mass is 15.3. The van der Waals surface area contributed by atoms with Crippen molar-refractivity contribution in [2.24, 2.45) is 12.8 Å². The zero-order chi connectivity index (χ0) is 14.5. The van der Waals surface area contributed by atoms with Gasteiger partial charge in [-0.25, -0.2) is 0 Å². The van der Waals surface area contributed by atoms with E-state index in [9.17, 15) is 0 Å². The lowest BCUT2D eigenvalue weighted by Gasteiger charge is -2.28. The molecule has 5 nitrogen and oxygen atoms in total. The van der Waals surface area contributed by atoms with Crippen LogP contribution in [0.25, 0.3) is 0 Å². The zero-order valence-corrected chi connectivity index (χ0v) is 13.2. The lowest BCUT2D eigenvalue weighted by molar-refractivity contribution is 0.209. The smallest absolute Gasteiger partial charge is 0.0670 e. The Kier molecular flexibility index (Phi) is 5.57. The molecule has 1 unspecified atom stereocenters. The SMILES string of the molecule is CCc1nn(C)cc1C(CN)N(C)CCN1CCCC1. The Bertz CT molecular complexity index is 408. The van der Waals surface area contributed by atoms with Crippen molar-refractivity contribution in [1.82, 2.24) is 19.6 Å². The molecule has 0 radical (unpaired) electrons. The van der Waals surface area contributed by atoms with Crippen LogP contribution in [0.4, 0.5) is 0 Å². The number of hydrogen-bond donors (Lipinski definition) is 1. The van der Waals surface area contributed by atoms with Crippen molar-refractivity contribution in [3.8, 4) is 0 Å².